The summed E-state index contributed by atoms with van der Waals surface area (Å²) in [4.78, 5) is 11.4. The highest BCUT2D eigenvalue weighted by Gasteiger charge is 2.18. The summed E-state index contributed by atoms with van der Waals surface area (Å²) in [5.41, 5.74) is 0.882. The highest BCUT2D eigenvalue weighted by atomic mass is 16.5. The standard InChI is InChI=1S/C18H28O4/c1-3-4-5-6-7-8-9-15(18(20)21)12-14-10-11-16(19)17(13-14)22-2/h10-11,13,15,19H,3-9,12H2,1-2H3,(H,20,21). The van der Waals surface area contributed by atoms with E-state index in [1.807, 2.05) is 0 Å². The molecule has 4 heteroatoms. The molecular weight excluding hydrogens is 280 g/mol. The molecule has 2 N–H and O–H groups in total. The first-order chi connectivity index (χ1) is 10.6. The lowest BCUT2D eigenvalue weighted by Crippen LogP contribution is -2.16. The van der Waals surface area contributed by atoms with Gasteiger partial charge in [-0.3, -0.25) is 4.79 Å². The third-order valence-electron chi connectivity index (χ3n) is 3.98. The number of aromatic hydroxyl groups is 1. The minimum atomic E-state index is -0.749. The summed E-state index contributed by atoms with van der Waals surface area (Å²) in [5.74, 6) is -0.656. The molecular formula is C18H28O4. The number of benzene rings is 1. The van der Waals surface area contributed by atoms with Gasteiger partial charge in [-0.15, -0.1) is 0 Å². The van der Waals surface area contributed by atoms with Crippen LogP contribution in [-0.4, -0.2) is 23.3 Å². The van der Waals surface area contributed by atoms with Crippen LogP contribution in [0, 0.1) is 5.92 Å². The zero-order chi connectivity index (χ0) is 16.4. The number of carboxylic acid groups (broad SMARTS) is 1. The van der Waals surface area contributed by atoms with Crippen LogP contribution >= 0.6 is 0 Å². The number of carbonyl (C=O) groups is 1. The Labute approximate surface area is 133 Å². The molecule has 0 aromatic heterocycles. The third-order valence-corrected chi connectivity index (χ3v) is 3.98. The maximum absolute atomic E-state index is 11.4. The lowest BCUT2D eigenvalue weighted by Gasteiger charge is -2.13. The number of unbranched alkanes of at least 4 members (excludes halogenated alkanes) is 5. The molecule has 0 aliphatic heterocycles. The van der Waals surface area contributed by atoms with Crippen molar-refractivity contribution in [2.75, 3.05) is 7.11 Å². The van der Waals surface area contributed by atoms with Crippen molar-refractivity contribution in [3.63, 3.8) is 0 Å². The zero-order valence-electron chi connectivity index (χ0n) is 13.7. The monoisotopic (exact) mass is 308 g/mol. The van der Waals surface area contributed by atoms with E-state index in [2.05, 4.69) is 6.92 Å². The van der Waals surface area contributed by atoms with Gasteiger partial charge in [0.1, 0.15) is 0 Å². The summed E-state index contributed by atoms with van der Waals surface area (Å²) < 4.78 is 5.07. The van der Waals surface area contributed by atoms with Gasteiger partial charge in [0, 0.05) is 0 Å². The van der Waals surface area contributed by atoms with Gasteiger partial charge < -0.3 is 14.9 Å². The predicted octanol–water partition coefficient (Wildman–Crippen LogP) is 4.39. The number of aliphatic carboxylic acids is 1. The van der Waals surface area contributed by atoms with Gasteiger partial charge in [0.2, 0.25) is 0 Å². The van der Waals surface area contributed by atoms with E-state index < -0.39 is 5.97 Å². The molecule has 1 rings (SSSR count). The first-order valence-corrected chi connectivity index (χ1v) is 8.17. The van der Waals surface area contributed by atoms with Crippen molar-refractivity contribution in [3.05, 3.63) is 23.8 Å². The van der Waals surface area contributed by atoms with Gasteiger partial charge in [-0.1, -0.05) is 51.5 Å². The Morgan fingerprint density at radius 1 is 1.18 bits per heavy atom. The van der Waals surface area contributed by atoms with Gasteiger partial charge in [-0.2, -0.15) is 0 Å². The first kappa shape index (κ1) is 18.3. The van der Waals surface area contributed by atoms with Crippen LogP contribution < -0.4 is 4.74 Å². The topological polar surface area (TPSA) is 66.8 Å². The fraction of sp³-hybridized carbons (Fsp3) is 0.611. The van der Waals surface area contributed by atoms with Gasteiger partial charge in [0.25, 0.3) is 0 Å². The molecule has 1 atom stereocenters. The van der Waals surface area contributed by atoms with Crippen molar-refractivity contribution >= 4 is 5.97 Å². The van der Waals surface area contributed by atoms with E-state index in [4.69, 9.17) is 4.74 Å². The smallest absolute Gasteiger partial charge is 0.306 e. The number of hydrogen-bond acceptors (Lipinski definition) is 3. The number of phenolic OH excluding ortho intramolecular Hbond substituents is 1. The number of phenols is 1. The molecule has 0 saturated heterocycles. The maximum atomic E-state index is 11.4. The van der Waals surface area contributed by atoms with Crippen molar-refractivity contribution in [3.8, 4) is 11.5 Å². The van der Waals surface area contributed by atoms with E-state index >= 15 is 0 Å². The Morgan fingerprint density at radius 2 is 1.86 bits per heavy atom. The van der Waals surface area contributed by atoms with E-state index in [-0.39, 0.29) is 11.7 Å². The molecule has 0 fully saturated rings. The van der Waals surface area contributed by atoms with E-state index in [1.54, 1.807) is 18.2 Å². The lowest BCUT2D eigenvalue weighted by molar-refractivity contribution is -0.142. The molecule has 0 aliphatic carbocycles. The van der Waals surface area contributed by atoms with Crippen molar-refractivity contribution < 1.29 is 19.7 Å². The zero-order valence-corrected chi connectivity index (χ0v) is 13.7. The SMILES string of the molecule is CCCCCCCCC(Cc1ccc(O)c(OC)c1)C(=O)O. The van der Waals surface area contributed by atoms with Crippen LogP contribution in [0.3, 0.4) is 0 Å². The molecule has 0 aliphatic rings. The third kappa shape index (κ3) is 6.37. The average Bonchev–Trinajstić information content (AvgIpc) is 2.50. The summed E-state index contributed by atoms with van der Waals surface area (Å²) in [6, 6.07) is 5.03. The Bertz CT molecular complexity index is 456. The molecule has 0 radical (unpaired) electrons. The summed E-state index contributed by atoms with van der Waals surface area (Å²) in [6.07, 6.45) is 8.14. The molecule has 1 aromatic rings. The van der Waals surface area contributed by atoms with Crippen LogP contribution in [0.2, 0.25) is 0 Å². The first-order valence-electron chi connectivity index (χ1n) is 8.17. The quantitative estimate of drug-likeness (QED) is 0.595. The number of carboxylic acids is 1. The summed E-state index contributed by atoms with van der Waals surface area (Å²) in [7, 11) is 1.49. The van der Waals surface area contributed by atoms with Gasteiger partial charge in [-0.05, 0) is 30.5 Å². The van der Waals surface area contributed by atoms with Crippen LogP contribution in [0.1, 0.15) is 57.4 Å². The van der Waals surface area contributed by atoms with E-state index in [1.165, 1.54) is 32.8 Å². The number of rotatable bonds is 11. The van der Waals surface area contributed by atoms with Gasteiger partial charge in [0.05, 0.1) is 13.0 Å². The molecule has 0 saturated carbocycles. The molecule has 0 bridgehead atoms. The molecule has 1 aromatic carbocycles. The molecule has 124 valence electrons. The molecule has 0 spiro atoms. The van der Waals surface area contributed by atoms with E-state index in [9.17, 15) is 15.0 Å². The normalized spacial score (nSPS) is 12.1. The molecule has 0 heterocycles. The Hall–Kier alpha value is -1.71. The van der Waals surface area contributed by atoms with Gasteiger partial charge >= 0.3 is 5.97 Å². The second-order valence-electron chi connectivity index (χ2n) is 5.80. The Kier molecular flexibility index (Phi) is 8.41. The van der Waals surface area contributed by atoms with Crippen LogP contribution in [-0.2, 0) is 11.2 Å². The van der Waals surface area contributed by atoms with Gasteiger partial charge in [0.15, 0.2) is 11.5 Å². The maximum Gasteiger partial charge on any atom is 0.306 e. The average molecular weight is 308 g/mol. The highest BCUT2D eigenvalue weighted by molar-refractivity contribution is 5.70. The van der Waals surface area contributed by atoms with Crippen LogP contribution in [0.4, 0.5) is 0 Å². The molecule has 22 heavy (non-hydrogen) atoms. The number of methoxy groups -OCH3 is 1. The minimum absolute atomic E-state index is 0.0778. The number of hydrogen-bond donors (Lipinski definition) is 2. The van der Waals surface area contributed by atoms with Crippen molar-refractivity contribution in [2.24, 2.45) is 5.92 Å². The molecule has 4 nitrogen and oxygen atoms in total. The van der Waals surface area contributed by atoms with Crippen LogP contribution in [0.25, 0.3) is 0 Å². The fourth-order valence-electron chi connectivity index (χ4n) is 2.62. The van der Waals surface area contributed by atoms with Crippen LogP contribution in [0.15, 0.2) is 18.2 Å². The summed E-state index contributed by atoms with van der Waals surface area (Å²) in [6.45, 7) is 2.19. The largest absolute Gasteiger partial charge is 0.504 e. The second-order valence-corrected chi connectivity index (χ2v) is 5.80. The van der Waals surface area contributed by atoms with E-state index in [0.717, 1.165) is 18.4 Å². The molecule has 0 amide bonds. The van der Waals surface area contributed by atoms with E-state index in [0.29, 0.717) is 18.6 Å². The van der Waals surface area contributed by atoms with Crippen molar-refractivity contribution in [1.29, 1.82) is 0 Å². The van der Waals surface area contributed by atoms with Crippen molar-refractivity contribution in [2.45, 2.75) is 58.3 Å². The highest BCUT2D eigenvalue weighted by Crippen LogP contribution is 2.28. The Morgan fingerprint density at radius 3 is 2.50 bits per heavy atom. The fourth-order valence-corrected chi connectivity index (χ4v) is 2.62. The van der Waals surface area contributed by atoms with Crippen molar-refractivity contribution in [1.82, 2.24) is 0 Å². The second kappa shape index (κ2) is 10.1. The minimum Gasteiger partial charge on any atom is -0.504 e. The lowest BCUT2D eigenvalue weighted by atomic mass is 9.93. The summed E-state index contributed by atoms with van der Waals surface area (Å²) in [5, 5.41) is 19.0. The number of ether oxygens (including phenoxy) is 1. The Balaban J connectivity index is 2.48. The molecule has 1 unspecified atom stereocenters. The summed E-state index contributed by atoms with van der Waals surface area (Å²) >= 11 is 0. The van der Waals surface area contributed by atoms with Gasteiger partial charge in [-0.25, -0.2) is 0 Å². The van der Waals surface area contributed by atoms with Crippen LogP contribution in [0.5, 0.6) is 11.5 Å². The predicted molar refractivity (Wildman–Crippen MR) is 87.5 cm³/mol.